The summed E-state index contributed by atoms with van der Waals surface area (Å²) in [6.45, 7) is 0. The summed E-state index contributed by atoms with van der Waals surface area (Å²) >= 11 is 1.38. The molecule has 0 amide bonds. The Morgan fingerprint density at radius 2 is 1.12 bits per heavy atom. The maximum atomic E-state index is 12.2. The molecule has 0 saturated carbocycles. The number of rotatable bonds is 4. The minimum atomic E-state index is -0.0220. The van der Waals surface area contributed by atoms with Crippen molar-refractivity contribution >= 4 is 43.9 Å². The van der Waals surface area contributed by atoms with E-state index in [9.17, 15) is 9.59 Å². The lowest BCUT2D eigenvalue weighted by Crippen LogP contribution is -2.01. The van der Waals surface area contributed by atoms with Gasteiger partial charge in [-0.05, 0) is 66.7 Å². The fourth-order valence-corrected chi connectivity index (χ4v) is 3.83. The summed E-state index contributed by atoms with van der Waals surface area (Å²) in [6.07, 6.45) is 6.42. The minimum absolute atomic E-state index is 0.0163. The van der Waals surface area contributed by atoms with Gasteiger partial charge in [0.15, 0.2) is 16.7 Å². The predicted molar refractivity (Wildman–Crippen MR) is 130 cm³/mol. The standard InChI is InChI=1S/C13H9N3OS.C12H10N2O/c14-13-16-10-2-1-9(7-11(10)18-13)12(17)8-3-5-15-6-4-8;13-11-3-1-9(2-4-11)12(15)10-5-7-14-8-6-10/h1-7H,(H2,14,16);1-8H,13H2. The average molecular weight is 454 g/mol. The summed E-state index contributed by atoms with van der Waals surface area (Å²) in [7, 11) is 0. The van der Waals surface area contributed by atoms with Gasteiger partial charge in [-0.15, -0.1) is 0 Å². The lowest BCUT2D eigenvalue weighted by Gasteiger charge is -2.00. The molecule has 7 nitrogen and oxygen atoms in total. The van der Waals surface area contributed by atoms with E-state index in [1.165, 1.54) is 11.3 Å². The summed E-state index contributed by atoms with van der Waals surface area (Å²) < 4.78 is 0.924. The van der Waals surface area contributed by atoms with E-state index in [-0.39, 0.29) is 11.6 Å². The first kappa shape index (κ1) is 21.8. The van der Waals surface area contributed by atoms with Gasteiger partial charge in [0.2, 0.25) is 0 Å². The van der Waals surface area contributed by atoms with Gasteiger partial charge in [0.25, 0.3) is 0 Å². The topological polar surface area (TPSA) is 125 Å². The Balaban J connectivity index is 0.000000160. The number of nitrogen functional groups attached to an aromatic ring is 2. The summed E-state index contributed by atoms with van der Waals surface area (Å²) in [5, 5.41) is 0.513. The molecular formula is C25H19N5O2S. The SMILES string of the molecule is Nc1ccc(C(=O)c2ccncc2)cc1.Nc1nc2ccc(C(=O)c3ccncc3)cc2s1. The van der Waals surface area contributed by atoms with E-state index in [4.69, 9.17) is 11.5 Å². The average Bonchev–Trinajstić information content (AvgIpc) is 3.24. The van der Waals surface area contributed by atoms with Crippen LogP contribution in [0.2, 0.25) is 0 Å². The Hall–Kier alpha value is -4.43. The van der Waals surface area contributed by atoms with E-state index in [0.717, 1.165) is 10.2 Å². The summed E-state index contributed by atoms with van der Waals surface area (Å²) in [5.41, 5.74) is 15.2. The first-order valence-corrected chi connectivity index (χ1v) is 10.7. The Kier molecular flexibility index (Phi) is 6.47. The number of nitrogens with zero attached hydrogens (tertiary/aromatic N) is 3. The number of ketones is 2. The van der Waals surface area contributed by atoms with Crippen LogP contribution in [0.1, 0.15) is 31.8 Å². The zero-order valence-electron chi connectivity index (χ0n) is 17.4. The summed E-state index contributed by atoms with van der Waals surface area (Å²) in [5.74, 6) is -0.0383. The fourth-order valence-electron chi connectivity index (χ4n) is 3.06. The lowest BCUT2D eigenvalue weighted by molar-refractivity contribution is 0.103. The summed E-state index contributed by atoms with van der Waals surface area (Å²) in [6, 6.07) is 19.1. The minimum Gasteiger partial charge on any atom is -0.399 e. The van der Waals surface area contributed by atoms with Gasteiger partial charge in [0, 0.05) is 52.7 Å². The number of benzene rings is 2. The van der Waals surface area contributed by atoms with Gasteiger partial charge in [-0.3, -0.25) is 19.6 Å². The Bertz CT molecular complexity index is 1400. The van der Waals surface area contributed by atoms with Crippen molar-refractivity contribution in [3.05, 3.63) is 114 Å². The van der Waals surface area contributed by atoms with Crippen LogP contribution in [0.25, 0.3) is 10.2 Å². The van der Waals surface area contributed by atoms with Crippen LogP contribution in [0.3, 0.4) is 0 Å². The molecule has 0 atom stereocenters. The lowest BCUT2D eigenvalue weighted by atomic mass is 10.0. The summed E-state index contributed by atoms with van der Waals surface area (Å²) in [4.78, 5) is 36.0. The van der Waals surface area contributed by atoms with Gasteiger partial charge in [0.1, 0.15) is 0 Å². The van der Waals surface area contributed by atoms with Crippen molar-refractivity contribution < 1.29 is 9.59 Å². The smallest absolute Gasteiger partial charge is 0.193 e. The van der Waals surface area contributed by atoms with Crippen LogP contribution >= 0.6 is 11.3 Å². The highest BCUT2D eigenvalue weighted by Gasteiger charge is 2.11. The molecule has 5 aromatic rings. The molecule has 162 valence electrons. The molecule has 0 radical (unpaired) electrons. The number of hydrogen-bond donors (Lipinski definition) is 2. The van der Waals surface area contributed by atoms with E-state index in [0.29, 0.717) is 33.1 Å². The van der Waals surface area contributed by atoms with Crippen LogP contribution in [0.15, 0.2) is 91.5 Å². The molecule has 2 aromatic carbocycles. The van der Waals surface area contributed by atoms with E-state index in [2.05, 4.69) is 15.0 Å². The van der Waals surface area contributed by atoms with E-state index in [1.54, 1.807) is 79.4 Å². The number of fused-ring (bicyclic) bond motifs is 1. The van der Waals surface area contributed by atoms with Gasteiger partial charge >= 0.3 is 0 Å². The van der Waals surface area contributed by atoms with Crippen molar-refractivity contribution in [2.24, 2.45) is 0 Å². The van der Waals surface area contributed by atoms with Crippen molar-refractivity contribution in [1.82, 2.24) is 15.0 Å². The number of anilines is 2. The maximum Gasteiger partial charge on any atom is 0.193 e. The number of pyridine rings is 2. The Morgan fingerprint density at radius 1 is 0.636 bits per heavy atom. The van der Waals surface area contributed by atoms with Crippen LogP contribution in [-0.4, -0.2) is 26.5 Å². The molecule has 33 heavy (non-hydrogen) atoms. The molecular weight excluding hydrogens is 434 g/mol. The first-order chi connectivity index (χ1) is 16.0. The number of aromatic nitrogens is 3. The third kappa shape index (κ3) is 5.25. The highest BCUT2D eigenvalue weighted by atomic mass is 32.1. The molecule has 0 saturated heterocycles. The molecule has 0 fully saturated rings. The molecule has 4 N–H and O–H groups in total. The van der Waals surface area contributed by atoms with Gasteiger partial charge in [-0.25, -0.2) is 4.98 Å². The van der Waals surface area contributed by atoms with Crippen LogP contribution < -0.4 is 11.5 Å². The number of carbonyl (C=O) groups is 2. The highest BCUT2D eigenvalue weighted by molar-refractivity contribution is 7.22. The fraction of sp³-hybridized carbons (Fsp3) is 0. The normalized spacial score (nSPS) is 10.3. The molecule has 0 aliphatic carbocycles. The second-order valence-electron chi connectivity index (χ2n) is 6.99. The number of thiazole rings is 1. The molecule has 5 rings (SSSR count). The van der Waals surface area contributed by atoms with E-state index < -0.39 is 0 Å². The van der Waals surface area contributed by atoms with Crippen molar-refractivity contribution in [2.75, 3.05) is 11.5 Å². The third-order valence-electron chi connectivity index (χ3n) is 4.73. The number of carbonyl (C=O) groups excluding carboxylic acids is 2. The second-order valence-corrected chi connectivity index (χ2v) is 8.05. The van der Waals surface area contributed by atoms with Crippen molar-refractivity contribution in [3.8, 4) is 0 Å². The first-order valence-electron chi connectivity index (χ1n) is 9.92. The second kappa shape index (κ2) is 9.80. The molecule has 0 bridgehead atoms. The predicted octanol–water partition coefficient (Wildman–Crippen LogP) is 4.40. The zero-order chi connectivity index (χ0) is 23.2. The van der Waals surface area contributed by atoms with E-state index >= 15 is 0 Å². The Morgan fingerprint density at radius 3 is 1.70 bits per heavy atom. The molecule has 0 unspecified atom stereocenters. The van der Waals surface area contributed by atoms with Gasteiger partial charge in [-0.2, -0.15) is 0 Å². The van der Waals surface area contributed by atoms with Crippen LogP contribution in [0.4, 0.5) is 10.8 Å². The van der Waals surface area contributed by atoms with Crippen LogP contribution in [0, 0.1) is 0 Å². The molecule has 0 aliphatic rings. The Labute approximate surface area is 193 Å². The van der Waals surface area contributed by atoms with Crippen molar-refractivity contribution in [1.29, 1.82) is 0 Å². The van der Waals surface area contributed by atoms with Gasteiger partial charge < -0.3 is 11.5 Å². The number of nitrogens with two attached hydrogens (primary N) is 2. The quantitative estimate of drug-likeness (QED) is 0.305. The van der Waals surface area contributed by atoms with E-state index in [1.807, 2.05) is 12.1 Å². The van der Waals surface area contributed by atoms with Crippen LogP contribution in [-0.2, 0) is 0 Å². The molecule has 3 heterocycles. The largest absolute Gasteiger partial charge is 0.399 e. The molecule has 0 aliphatic heterocycles. The monoisotopic (exact) mass is 453 g/mol. The molecule has 3 aromatic heterocycles. The van der Waals surface area contributed by atoms with Gasteiger partial charge in [-0.1, -0.05) is 11.3 Å². The third-order valence-corrected chi connectivity index (χ3v) is 5.57. The van der Waals surface area contributed by atoms with Crippen LogP contribution in [0.5, 0.6) is 0 Å². The maximum absolute atomic E-state index is 12.2. The molecule has 8 heteroatoms. The zero-order valence-corrected chi connectivity index (χ0v) is 18.2. The highest BCUT2D eigenvalue weighted by Crippen LogP contribution is 2.25. The van der Waals surface area contributed by atoms with Crippen molar-refractivity contribution in [2.45, 2.75) is 0 Å². The van der Waals surface area contributed by atoms with Crippen molar-refractivity contribution in [3.63, 3.8) is 0 Å². The van der Waals surface area contributed by atoms with Gasteiger partial charge in [0.05, 0.1) is 10.2 Å². The number of hydrogen-bond acceptors (Lipinski definition) is 8. The molecule has 0 spiro atoms.